The molecule has 1 saturated carbocycles. The summed E-state index contributed by atoms with van der Waals surface area (Å²) in [4.78, 5) is 20.7. The maximum Gasteiger partial charge on any atom is 0.248 e. The zero-order chi connectivity index (χ0) is 20.5. The highest BCUT2D eigenvalue weighted by molar-refractivity contribution is 5.76. The maximum atomic E-state index is 12.1. The van der Waals surface area contributed by atoms with Crippen molar-refractivity contribution in [3.8, 4) is 0 Å². The van der Waals surface area contributed by atoms with Gasteiger partial charge in [-0.15, -0.1) is 0 Å². The van der Waals surface area contributed by atoms with Crippen molar-refractivity contribution in [2.45, 2.75) is 38.5 Å². The highest BCUT2D eigenvalue weighted by Crippen LogP contribution is 2.42. The molecule has 1 aliphatic heterocycles. The molecule has 8 heteroatoms. The second-order valence-electron chi connectivity index (χ2n) is 8.84. The van der Waals surface area contributed by atoms with Crippen LogP contribution in [0, 0.1) is 18.8 Å². The molecule has 0 unspecified atom stereocenters. The first-order chi connectivity index (χ1) is 13.9. The lowest BCUT2D eigenvalue weighted by Gasteiger charge is -2.38. The number of hydrogen-bond acceptors (Lipinski definition) is 5. The largest absolute Gasteiger partial charge is 0.366 e. The predicted octanol–water partition coefficient (Wildman–Crippen LogP) is 1.48. The number of likely N-dealkylation sites (tertiary alicyclic amines) is 1. The van der Waals surface area contributed by atoms with E-state index in [1.807, 2.05) is 25.6 Å². The fourth-order valence-electron chi connectivity index (χ4n) is 4.74. The van der Waals surface area contributed by atoms with Gasteiger partial charge in [0.15, 0.2) is 0 Å². The number of nitrogens with zero attached hydrogens (tertiary/aromatic N) is 6. The number of amides is 1. The van der Waals surface area contributed by atoms with Gasteiger partial charge in [0.2, 0.25) is 5.91 Å². The number of aryl methyl sites for hydroxylation is 2. The first-order valence-corrected chi connectivity index (χ1v) is 10.4. The normalized spacial score (nSPS) is 27.2. The van der Waals surface area contributed by atoms with Gasteiger partial charge in [-0.3, -0.25) is 14.4 Å². The van der Waals surface area contributed by atoms with Gasteiger partial charge >= 0.3 is 0 Å². The molecule has 4 rings (SSSR count). The van der Waals surface area contributed by atoms with Gasteiger partial charge in [0.1, 0.15) is 12.4 Å². The first-order valence-electron chi connectivity index (χ1n) is 10.4. The van der Waals surface area contributed by atoms with Crippen molar-refractivity contribution in [2.24, 2.45) is 18.9 Å². The van der Waals surface area contributed by atoms with Crippen molar-refractivity contribution >= 4 is 5.91 Å². The Balaban J connectivity index is 1.46. The van der Waals surface area contributed by atoms with Gasteiger partial charge in [0.25, 0.3) is 0 Å². The molecular weight excluding hydrogens is 368 g/mol. The van der Waals surface area contributed by atoms with Crippen molar-refractivity contribution in [3.05, 3.63) is 36.2 Å². The zero-order valence-electron chi connectivity index (χ0n) is 17.9. The van der Waals surface area contributed by atoms with E-state index in [-0.39, 0.29) is 24.7 Å². The minimum atomic E-state index is 0.00495. The van der Waals surface area contributed by atoms with Gasteiger partial charge in [-0.25, -0.2) is 4.98 Å². The van der Waals surface area contributed by atoms with Crippen LogP contribution in [0.5, 0.6) is 0 Å². The molecule has 0 N–H and O–H groups in total. The van der Waals surface area contributed by atoms with E-state index >= 15 is 0 Å². The van der Waals surface area contributed by atoms with E-state index in [0.717, 1.165) is 43.9 Å². The Labute approximate surface area is 172 Å². The van der Waals surface area contributed by atoms with E-state index in [9.17, 15) is 4.79 Å². The molecule has 4 atom stereocenters. The highest BCUT2D eigenvalue weighted by Gasteiger charge is 2.44. The summed E-state index contributed by atoms with van der Waals surface area (Å²) in [6, 6.07) is 0.174. The summed E-state index contributed by atoms with van der Waals surface area (Å²) in [5.41, 5.74) is 1.15. The predicted molar refractivity (Wildman–Crippen MR) is 109 cm³/mol. The van der Waals surface area contributed by atoms with Gasteiger partial charge < -0.3 is 14.2 Å². The minimum absolute atomic E-state index is 0.00495. The summed E-state index contributed by atoms with van der Waals surface area (Å²) < 4.78 is 10.3. The number of rotatable bonds is 6. The molecule has 0 aromatic carbocycles. The van der Waals surface area contributed by atoms with Gasteiger partial charge in [-0.05, 0) is 37.2 Å². The number of likely N-dealkylation sites (N-methyl/N-ethyl adjacent to an activating group) is 1. The van der Waals surface area contributed by atoms with Crippen LogP contribution in [0.25, 0.3) is 0 Å². The molecular formula is C21H32N6O2. The van der Waals surface area contributed by atoms with Gasteiger partial charge in [0, 0.05) is 52.8 Å². The molecule has 29 heavy (non-hydrogen) atoms. The van der Waals surface area contributed by atoms with Crippen LogP contribution < -0.4 is 0 Å². The first kappa shape index (κ1) is 20.1. The molecule has 3 heterocycles. The van der Waals surface area contributed by atoms with E-state index in [4.69, 9.17) is 4.74 Å². The molecule has 1 saturated heterocycles. The van der Waals surface area contributed by atoms with Crippen molar-refractivity contribution in [2.75, 3.05) is 33.8 Å². The SMILES string of the molecule is Cc1cnn([C@H]2C[C@H]3CN(Cc4nccn4C)C[C@H]3C[C@@H]2OCC(=O)N(C)C)c1. The van der Waals surface area contributed by atoms with E-state index in [0.29, 0.717) is 11.8 Å². The molecule has 0 radical (unpaired) electrons. The molecule has 2 aromatic rings. The average molecular weight is 401 g/mol. The summed E-state index contributed by atoms with van der Waals surface area (Å²) >= 11 is 0. The highest BCUT2D eigenvalue weighted by atomic mass is 16.5. The lowest BCUT2D eigenvalue weighted by molar-refractivity contribution is -0.138. The van der Waals surface area contributed by atoms with Gasteiger partial charge in [-0.2, -0.15) is 5.10 Å². The number of carbonyl (C=O) groups excluding carboxylic acids is 1. The number of hydrogen-bond donors (Lipinski definition) is 0. The third-order valence-corrected chi connectivity index (χ3v) is 6.44. The number of aromatic nitrogens is 4. The third-order valence-electron chi connectivity index (χ3n) is 6.44. The molecule has 0 bridgehead atoms. The van der Waals surface area contributed by atoms with Crippen molar-refractivity contribution in [1.29, 1.82) is 0 Å². The topological polar surface area (TPSA) is 68.4 Å². The van der Waals surface area contributed by atoms with E-state index < -0.39 is 0 Å². The fraction of sp³-hybridized carbons (Fsp3) is 0.667. The number of fused-ring (bicyclic) bond motifs is 1. The monoisotopic (exact) mass is 400 g/mol. The molecule has 8 nitrogen and oxygen atoms in total. The van der Waals surface area contributed by atoms with Crippen molar-refractivity contribution in [1.82, 2.24) is 29.1 Å². The summed E-state index contributed by atoms with van der Waals surface area (Å²) in [6.45, 7) is 5.21. The second kappa shape index (κ2) is 8.28. The van der Waals surface area contributed by atoms with Crippen LogP contribution in [-0.4, -0.2) is 74.9 Å². The van der Waals surface area contributed by atoms with Crippen LogP contribution in [0.4, 0.5) is 0 Å². The minimum Gasteiger partial charge on any atom is -0.366 e. The fourth-order valence-corrected chi connectivity index (χ4v) is 4.74. The average Bonchev–Trinajstić information content (AvgIpc) is 3.39. The van der Waals surface area contributed by atoms with E-state index in [1.165, 1.54) is 0 Å². The zero-order valence-corrected chi connectivity index (χ0v) is 17.9. The quantitative estimate of drug-likeness (QED) is 0.735. The molecule has 2 aromatic heterocycles. The second-order valence-corrected chi connectivity index (χ2v) is 8.84. The Morgan fingerprint density at radius 3 is 2.66 bits per heavy atom. The smallest absolute Gasteiger partial charge is 0.248 e. The Bertz CT molecular complexity index is 844. The van der Waals surface area contributed by atoms with E-state index in [1.54, 1.807) is 19.0 Å². The molecule has 1 amide bonds. The molecule has 2 fully saturated rings. The van der Waals surface area contributed by atoms with E-state index in [2.05, 4.69) is 37.4 Å². The number of carbonyl (C=O) groups is 1. The standard InChI is InChI=1S/C21H32N6O2/c1-15-9-23-27(10-15)18-7-16-11-26(13-20-22-5-6-25(20)4)12-17(16)8-19(18)29-14-21(28)24(2)3/h5-6,9-10,16-19H,7-8,11-14H2,1-4H3/t16-,17+,18-,19-/m0/s1. The summed E-state index contributed by atoms with van der Waals surface area (Å²) in [5.74, 6) is 2.31. The van der Waals surface area contributed by atoms with Gasteiger partial charge in [-0.1, -0.05) is 0 Å². The Morgan fingerprint density at radius 1 is 1.28 bits per heavy atom. The summed E-state index contributed by atoms with van der Waals surface area (Å²) in [5, 5.41) is 4.57. The molecule has 2 aliphatic rings. The molecule has 1 aliphatic carbocycles. The van der Waals surface area contributed by atoms with Gasteiger partial charge in [0.05, 0.1) is 24.9 Å². The van der Waals surface area contributed by atoms with Crippen LogP contribution in [0.2, 0.25) is 0 Å². The number of imidazole rings is 1. The van der Waals surface area contributed by atoms with Crippen LogP contribution in [0.15, 0.2) is 24.8 Å². The lowest BCUT2D eigenvalue weighted by atomic mass is 9.77. The van der Waals surface area contributed by atoms with Crippen molar-refractivity contribution in [3.63, 3.8) is 0 Å². The Morgan fingerprint density at radius 2 is 2.03 bits per heavy atom. The van der Waals surface area contributed by atoms with Crippen LogP contribution in [0.3, 0.4) is 0 Å². The summed E-state index contributed by atoms with van der Waals surface area (Å²) in [7, 11) is 5.58. The molecule has 158 valence electrons. The molecule has 0 spiro atoms. The van der Waals surface area contributed by atoms with Crippen LogP contribution >= 0.6 is 0 Å². The van der Waals surface area contributed by atoms with Crippen molar-refractivity contribution < 1.29 is 9.53 Å². The van der Waals surface area contributed by atoms with Crippen LogP contribution in [0.1, 0.15) is 30.3 Å². The lowest BCUT2D eigenvalue weighted by Crippen LogP contribution is -2.40. The maximum absolute atomic E-state index is 12.1. The van der Waals surface area contributed by atoms with Crippen LogP contribution in [-0.2, 0) is 23.1 Å². The number of ether oxygens (including phenoxy) is 1. The third kappa shape index (κ3) is 4.38. The summed E-state index contributed by atoms with van der Waals surface area (Å²) in [6.07, 6.45) is 9.86. The Hall–Kier alpha value is -2.19. The Kier molecular flexibility index (Phi) is 5.74.